The Morgan fingerprint density at radius 2 is 2.00 bits per heavy atom. The Bertz CT molecular complexity index is 1710. The standard InChI is InChI=1S/C28H23ClN2O5S/c1-4-35-27(33)24-16(2)30-28-31(25(24)18-8-6-10-20(14-18)34-3)26(32)23(37-28)15-21-11-12-22(36-21)17-7-5-9-19(29)13-17/h5-15,25H,4H2,1-3H3/t25-/m0/s1. The second kappa shape index (κ2) is 10.2. The van der Waals surface area contributed by atoms with E-state index in [4.69, 9.17) is 25.5 Å². The predicted octanol–water partition coefficient (Wildman–Crippen LogP) is 4.72. The Labute approximate surface area is 221 Å². The number of methoxy groups -OCH3 is 1. The van der Waals surface area contributed by atoms with E-state index in [9.17, 15) is 9.59 Å². The monoisotopic (exact) mass is 534 g/mol. The lowest BCUT2D eigenvalue weighted by atomic mass is 9.95. The van der Waals surface area contributed by atoms with Gasteiger partial charge >= 0.3 is 5.97 Å². The number of allylic oxidation sites excluding steroid dienone is 1. The summed E-state index contributed by atoms with van der Waals surface area (Å²) >= 11 is 7.34. The molecule has 2 aromatic heterocycles. The quantitative estimate of drug-likeness (QED) is 0.334. The fourth-order valence-corrected chi connectivity index (χ4v) is 5.49. The van der Waals surface area contributed by atoms with Gasteiger partial charge in [0, 0.05) is 16.7 Å². The molecule has 37 heavy (non-hydrogen) atoms. The third-order valence-electron chi connectivity index (χ3n) is 5.94. The van der Waals surface area contributed by atoms with Crippen molar-refractivity contribution in [1.82, 2.24) is 4.57 Å². The van der Waals surface area contributed by atoms with Crippen LogP contribution in [0.2, 0.25) is 5.02 Å². The van der Waals surface area contributed by atoms with Crippen molar-refractivity contribution in [2.24, 2.45) is 4.99 Å². The highest BCUT2D eigenvalue weighted by molar-refractivity contribution is 7.07. The minimum atomic E-state index is -0.717. The number of carbonyl (C=O) groups excluding carboxylic acids is 1. The van der Waals surface area contributed by atoms with Gasteiger partial charge in [-0.2, -0.15) is 0 Å². The molecule has 2 aromatic carbocycles. The number of furan rings is 1. The van der Waals surface area contributed by atoms with Crippen LogP contribution in [0.1, 0.15) is 31.2 Å². The number of fused-ring (bicyclic) bond motifs is 1. The van der Waals surface area contributed by atoms with Crippen molar-refractivity contribution < 1.29 is 18.7 Å². The number of benzene rings is 2. The van der Waals surface area contributed by atoms with Crippen LogP contribution < -0.4 is 19.6 Å². The summed E-state index contributed by atoms with van der Waals surface area (Å²) in [6.07, 6.45) is 1.68. The summed E-state index contributed by atoms with van der Waals surface area (Å²) < 4.78 is 18.7. The number of rotatable bonds is 6. The molecule has 0 saturated heterocycles. The van der Waals surface area contributed by atoms with Crippen LogP contribution in [0.25, 0.3) is 17.4 Å². The van der Waals surface area contributed by atoms with Crippen LogP contribution in [-0.4, -0.2) is 24.3 Å². The van der Waals surface area contributed by atoms with Crippen molar-refractivity contribution in [2.75, 3.05) is 13.7 Å². The Morgan fingerprint density at radius 3 is 2.76 bits per heavy atom. The SMILES string of the molecule is CCOC(=O)C1=C(C)N=c2sc(=Cc3ccc(-c4cccc(Cl)c4)o3)c(=O)n2[C@H]1c1cccc(OC)c1. The van der Waals surface area contributed by atoms with E-state index < -0.39 is 12.0 Å². The molecule has 0 amide bonds. The van der Waals surface area contributed by atoms with Gasteiger partial charge in [0.05, 0.1) is 35.6 Å². The second-order valence-electron chi connectivity index (χ2n) is 8.29. The van der Waals surface area contributed by atoms with Gasteiger partial charge in [-0.3, -0.25) is 9.36 Å². The molecule has 0 saturated carbocycles. The lowest BCUT2D eigenvalue weighted by molar-refractivity contribution is -0.139. The Morgan fingerprint density at radius 1 is 1.19 bits per heavy atom. The van der Waals surface area contributed by atoms with Crippen LogP contribution in [0.4, 0.5) is 0 Å². The number of nitrogens with zero attached hydrogens (tertiary/aromatic N) is 2. The van der Waals surface area contributed by atoms with E-state index in [1.54, 1.807) is 39.2 Å². The van der Waals surface area contributed by atoms with Gasteiger partial charge in [0.1, 0.15) is 17.3 Å². The van der Waals surface area contributed by atoms with Gasteiger partial charge in [-0.1, -0.05) is 47.2 Å². The van der Waals surface area contributed by atoms with Gasteiger partial charge < -0.3 is 13.9 Å². The van der Waals surface area contributed by atoms with Crippen LogP contribution in [0.5, 0.6) is 5.75 Å². The summed E-state index contributed by atoms with van der Waals surface area (Å²) in [7, 11) is 1.57. The molecule has 7 nitrogen and oxygen atoms in total. The second-order valence-corrected chi connectivity index (χ2v) is 9.74. The molecule has 0 radical (unpaired) electrons. The molecular weight excluding hydrogens is 512 g/mol. The van der Waals surface area contributed by atoms with E-state index in [0.717, 1.165) is 5.56 Å². The maximum atomic E-state index is 13.7. The van der Waals surface area contributed by atoms with Crippen LogP contribution in [0.3, 0.4) is 0 Å². The van der Waals surface area contributed by atoms with E-state index in [-0.39, 0.29) is 12.2 Å². The molecule has 0 N–H and O–H groups in total. The zero-order valence-electron chi connectivity index (χ0n) is 20.4. The van der Waals surface area contributed by atoms with Gasteiger partial charge in [-0.05, 0) is 55.8 Å². The third-order valence-corrected chi connectivity index (χ3v) is 7.15. The normalized spacial score (nSPS) is 15.4. The molecule has 0 spiro atoms. The third kappa shape index (κ3) is 4.77. The first kappa shape index (κ1) is 24.8. The lowest BCUT2D eigenvalue weighted by Gasteiger charge is -2.24. The van der Waals surface area contributed by atoms with Crippen LogP contribution in [0, 0.1) is 0 Å². The van der Waals surface area contributed by atoms with E-state index in [0.29, 0.717) is 48.5 Å². The summed E-state index contributed by atoms with van der Waals surface area (Å²) in [6.45, 7) is 3.70. The molecule has 1 aliphatic rings. The summed E-state index contributed by atoms with van der Waals surface area (Å²) in [5, 5.41) is 0.606. The number of ether oxygens (including phenoxy) is 2. The number of hydrogen-bond donors (Lipinski definition) is 0. The average molecular weight is 535 g/mol. The molecule has 0 bridgehead atoms. The maximum absolute atomic E-state index is 13.7. The Balaban J connectivity index is 1.65. The highest BCUT2D eigenvalue weighted by Crippen LogP contribution is 2.32. The van der Waals surface area contributed by atoms with Crippen molar-refractivity contribution in [1.29, 1.82) is 0 Å². The topological polar surface area (TPSA) is 83.0 Å². The molecule has 1 aliphatic heterocycles. The fraction of sp³-hybridized carbons (Fsp3) is 0.179. The summed E-state index contributed by atoms with van der Waals surface area (Å²) in [4.78, 5) is 31.8. The van der Waals surface area contributed by atoms with Crippen molar-refractivity contribution >= 4 is 35.0 Å². The van der Waals surface area contributed by atoms with Crippen molar-refractivity contribution in [3.63, 3.8) is 0 Å². The highest BCUT2D eigenvalue weighted by Gasteiger charge is 2.33. The first-order valence-electron chi connectivity index (χ1n) is 11.6. The van der Waals surface area contributed by atoms with Gasteiger partial charge in [0.25, 0.3) is 5.56 Å². The van der Waals surface area contributed by atoms with Gasteiger partial charge in [-0.15, -0.1) is 0 Å². The molecule has 1 atom stereocenters. The van der Waals surface area contributed by atoms with Crippen molar-refractivity contribution in [2.45, 2.75) is 19.9 Å². The minimum Gasteiger partial charge on any atom is -0.497 e. The smallest absolute Gasteiger partial charge is 0.338 e. The molecule has 0 aliphatic carbocycles. The zero-order chi connectivity index (χ0) is 26.1. The first-order valence-corrected chi connectivity index (χ1v) is 12.8. The number of esters is 1. The Hall–Kier alpha value is -3.88. The molecular formula is C28H23ClN2O5S. The van der Waals surface area contributed by atoms with Crippen LogP contribution >= 0.6 is 22.9 Å². The zero-order valence-corrected chi connectivity index (χ0v) is 21.9. The van der Waals surface area contributed by atoms with Gasteiger partial charge in [0.2, 0.25) is 0 Å². The minimum absolute atomic E-state index is 0.207. The number of aromatic nitrogens is 1. The molecule has 0 unspecified atom stereocenters. The number of hydrogen-bond acceptors (Lipinski definition) is 7. The van der Waals surface area contributed by atoms with Crippen LogP contribution in [0.15, 0.2) is 86.1 Å². The summed E-state index contributed by atoms with van der Waals surface area (Å²) in [5.74, 6) is 1.25. The maximum Gasteiger partial charge on any atom is 0.338 e. The number of thiazole rings is 1. The molecule has 5 rings (SSSR count). The first-order chi connectivity index (χ1) is 17.9. The lowest BCUT2D eigenvalue weighted by Crippen LogP contribution is -2.39. The molecule has 188 valence electrons. The highest BCUT2D eigenvalue weighted by atomic mass is 35.5. The molecule has 9 heteroatoms. The van der Waals surface area contributed by atoms with E-state index in [1.807, 2.05) is 48.5 Å². The number of halogens is 1. The molecule has 3 heterocycles. The van der Waals surface area contributed by atoms with E-state index in [1.165, 1.54) is 15.9 Å². The fourth-order valence-electron chi connectivity index (χ4n) is 4.28. The van der Waals surface area contributed by atoms with Crippen molar-refractivity contribution in [3.8, 4) is 17.1 Å². The average Bonchev–Trinajstić information content (AvgIpc) is 3.48. The van der Waals surface area contributed by atoms with Crippen molar-refractivity contribution in [3.05, 3.63) is 108 Å². The molecule has 4 aromatic rings. The van der Waals surface area contributed by atoms with Gasteiger partial charge in [0.15, 0.2) is 4.80 Å². The summed E-state index contributed by atoms with van der Waals surface area (Å²) in [5.41, 5.74) is 2.08. The largest absolute Gasteiger partial charge is 0.497 e. The molecule has 0 fully saturated rings. The van der Waals surface area contributed by atoms with Gasteiger partial charge in [-0.25, -0.2) is 9.79 Å². The predicted molar refractivity (Wildman–Crippen MR) is 143 cm³/mol. The Kier molecular flexibility index (Phi) is 6.86. The number of carbonyl (C=O) groups is 1. The van der Waals surface area contributed by atoms with E-state index >= 15 is 0 Å². The van der Waals surface area contributed by atoms with E-state index in [2.05, 4.69) is 4.99 Å². The van der Waals surface area contributed by atoms with Crippen LogP contribution in [-0.2, 0) is 9.53 Å². The summed E-state index contributed by atoms with van der Waals surface area (Å²) in [6, 6.07) is 17.6.